The first-order chi connectivity index (χ1) is 8.18. The number of urea groups is 1. The van der Waals surface area contributed by atoms with Gasteiger partial charge >= 0.3 is 12.0 Å². The van der Waals surface area contributed by atoms with Crippen LogP contribution < -0.4 is 5.32 Å². The highest BCUT2D eigenvalue weighted by atomic mass is 16.5. The average molecular weight is 242 g/mol. The predicted molar refractivity (Wildman–Crippen MR) is 59.7 cm³/mol. The highest BCUT2D eigenvalue weighted by Crippen LogP contribution is 2.17. The zero-order chi connectivity index (χ0) is 12.3. The standard InChI is InChI=1S/C11H18N2O4/c14-10(15)9-3-1-2-5-13(9)11(16)12-8-4-6-17-7-8/h8-9H,1-7H2,(H,12,16)(H,14,15). The lowest BCUT2D eigenvalue weighted by Gasteiger charge is -2.33. The molecule has 0 radical (unpaired) electrons. The van der Waals surface area contributed by atoms with E-state index in [1.807, 2.05) is 0 Å². The minimum absolute atomic E-state index is 0.0267. The largest absolute Gasteiger partial charge is 0.480 e. The molecule has 2 heterocycles. The van der Waals surface area contributed by atoms with Crippen LogP contribution in [0, 0.1) is 0 Å². The Balaban J connectivity index is 1.93. The zero-order valence-corrected chi connectivity index (χ0v) is 9.72. The van der Waals surface area contributed by atoms with Crippen LogP contribution in [0.2, 0.25) is 0 Å². The van der Waals surface area contributed by atoms with Crippen molar-refractivity contribution in [2.45, 2.75) is 37.8 Å². The van der Waals surface area contributed by atoms with E-state index >= 15 is 0 Å². The van der Waals surface area contributed by atoms with Crippen molar-refractivity contribution in [3.63, 3.8) is 0 Å². The molecule has 2 aliphatic rings. The van der Waals surface area contributed by atoms with Crippen LogP contribution >= 0.6 is 0 Å². The van der Waals surface area contributed by atoms with E-state index in [0.29, 0.717) is 26.2 Å². The van der Waals surface area contributed by atoms with E-state index in [0.717, 1.165) is 19.3 Å². The fourth-order valence-corrected chi connectivity index (χ4v) is 2.34. The third kappa shape index (κ3) is 2.88. The van der Waals surface area contributed by atoms with Gasteiger partial charge in [-0.15, -0.1) is 0 Å². The molecule has 0 spiro atoms. The summed E-state index contributed by atoms with van der Waals surface area (Å²) >= 11 is 0. The van der Waals surface area contributed by atoms with E-state index < -0.39 is 12.0 Å². The van der Waals surface area contributed by atoms with Gasteiger partial charge in [-0.05, 0) is 25.7 Å². The number of nitrogens with zero attached hydrogens (tertiary/aromatic N) is 1. The highest BCUT2D eigenvalue weighted by molar-refractivity contribution is 5.83. The molecule has 6 nitrogen and oxygen atoms in total. The molecular weight excluding hydrogens is 224 g/mol. The summed E-state index contributed by atoms with van der Waals surface area (Å²) in [6.45, 7) is 1.71. The summed E-state index contributed by atoms with van der Waals surface area (Å²) in [7, 11) is 0. The number of ether oxygens (including phenoxy) is 1. The molecule has 0 aliphatic carbocycles. The second-order valence-corrected chi connectivity index (χ2v) is 4.55. The minimum atomic E-state index is -0.914. The van der Waals surface area contributed by atoms with Crippen LogP contribution in [0.4, 0.5) is 4.79 Å². The number of carboxylic acids is 1. The van der Waals surface area contributed by atoms with E-state index in [1.165, 1.54) is 4.90 Å². The van der Waals surface area contributed by atoms with E-state index in [4.69, 9.17) is 9.84 Å². The summed E-state index contributed by atoms with van der Waals surface area (Å²) in [6, 6.07) is -0.919. The lowest BCUT2D eigenvalue weighted by atomic mass is 10.0. The Bertz CT molecular complexity index is 302. The maximum absolute atomic E-state index is 12.0. The third-order valence-corrected chi connectivity index (χ3v) is 3.31. The lowest BCUT2D eigenvalue weighted by Crippen LogP contribution is -2.53. The van der Waals surface area contributed by atoms with Crippen LogP contribution in [0.5, 0.6) is 0 Å². The summed E-state index contributed by atoms with van der Waals surface area (Å²) in [5.74, 6) is -0.914. The molecule has 0 saturated carbocycles. The number of piperidine rings is 1. The molecule has 2 rings (SSSR count). The smallest absolute Gasteiger partial charge is 0.326 e. The highest BCUT2D eigenvalue weighted by Gasteiger charge is 2.33. The van der Waals surface area contributed by atoms with Crippen LogP contribution in [-0.4, -0.2) is 53.8 Å². The first kappa shape index (κ1) is 12.2. The summed E-state index contributed by atoms with van der Waals surface area (Å²) < 4.78 is 5.17. The quantitative estimate of drug-likeness (QED) is 0.735. The second-order valence-electron chi connectivity index (χ2n) is 4.55. The number of hydrogen-bond acceptors (Lipinski definition) is 3. The Labute approximate surface area is 99.9 Å². The molecule has 0 aromatic carbocycles. The molecule has 0 aromatic rings. The zero-order valence-electron chi connectivity index (χ0n) is 9.72. The SMILES string of the molecule is O=C(O)C1CCCCN1C(=O)NC1CCOC1. The third-order valence-electron chi connectivity index (χ3n) is 3.31. The van der Waals surface area contributed by atoms with Gasteiger partial charge in [0.05, 0.1) is 12.6 Å². The van der Waals surface area contributed by atoms with Crippen molar-refractivity contribution in [3.05, 3.63) is 0 Å². The van der Waals surface area contributed by atoms with Crippen molar-refractivity contribution in [2.24, 2.45) is 0 Å². The van der Waals surface area contributed by atoms with Crippen molar-refractivity contribution < 1.29 is 19.4 Å². The van der Waals surface area contributed by atoms with Gasteiger partial charge in [-0.1, -0.05) is 0 Å². The molecular formula is C11H18N2O4. The van der Waals surface area contributed by atoms with Gasteiger partial charge in [-0.3, -0.25) is 0 Å². The molecule has 17 heavy (non-hydrogen) atoms. The van der Waals surface area contributed by atoms with E-state index in [-0.39, 0.29) is 12.1 Å². The lowest BCUT2D eigenvalue weighted by molar-refractivity contribution is -0.143. The summed E-state index contributed by atoms with van der Waals surface area (Å²) in [5.41, 5.74) is 0. The summed E-state index contributed by atoms with van der Waals surface area (Å²) in [5, 5.41) is 11.9. The number of aliphatic carboxylic acids is 1. The Morgan fingerprint density at radius 1 is 1.29 bits per heavy atom. The number of carbonyl (C=O) groups is 2. The van der Waals surface area contributed by atoms with Crippen LogP contribution in [-0.2, 0) is 9.53 Å². The Kier molecular flexibility index (Phi) is 3.83. The normalized spacial score (nSPS) is 29.1. The van der Waals surface area contributed by atoms with Gasteiger partial charge in [0, 0.05) is 13.2 Å². The topological polar surface area (TPSA) is 78.9 Å². The first-order valence-corrected chi connectivity index (χ1v) is 6.06. The molecule has 2 aliphatic heterocycles. The molecule has 2 unspecified atom stereocenters. The van der Waals surface area contributed by atoms with Gasteiger partial charge in [0.1, 0.15) is 6.04 Å². The maximum atomic E-state index is 12.0. The fourth-order valence-electron chi connectivity index (χ4n) is 2.34. The van der Waals surface area contributed by atoms with Crippen molar-refractivity contribution in [2.75, 3.05) is 19.8 Å². The molecule has 2 N–H and O–H groups in total. The van der Waals surface area contributed by atoms with Gasteiger partial charge in [0.15, 0.2) is 0 Å². The van der Waals surface area contributed by atoms with Gasteiger partial charge in [0.2, 0.25) is 0 Å². The summed E-state index contributed by atoms with van der Waals surface area (Å²) in [6.07, 6.45) is 3.09. The van der Waals surface area contributed by atoms with E-state index in [9.17, 15) is 9.59 Å². The number of rotatable bonds is 2. The Morgan fingerprint density at radius 3 is 2.76 bits per heavy atom. The van der Waals surface area contributed by atoms with Crippen LogP contribution in [0.25, 0.3) is 0 Å². The van der Waals surface area contributed by atoms with Crippen LogP contribution in [0.1, 0.15) is 25.7 Å². The Hall–Kier alpha value is -1.30. The maximum Gasteiger partial charge on any atom is 0.326 e. The number of hydrogen-bond donors (Lipinski definition) is 2. The minimum Gasteiger partial charge on any atom is -0.480 e. The molecule has 96 valence electrons. The van der Waals surface area contributed by atoms with Gasteiger partial charge in [-0.2, -0.15) is 0 Å². The number of amides is 2. The van der Waals surface area contributed by atoms with Crippen molar-refractivity contribution in [3.8, 4) is 0 Å². The van der Waals surface area contributed by atoms with Crippen molar-refractivity contribution in [1.82, 2.24) is 10.2 Å². The van der Waals surface area contributed by atoms with Gasteiger partial charge < -0.3 is 20.1 Å². The summed E-state index contributed by atoms with van der Waals surface area (Å²) in [4.78, 5) is 24.5. The monoisotopic (exact) mass is 242 g/mol. The molecule has 2 saturated heterocycles. The second kappa shape index (κ2) is 5.35. The molecule has 0 bridgehead atoms. The van der Waals surface area contributed by atoms with E-state index in [2.05, 4.69) is 5.32 Å². The average Bonchev–Trinajstić information content (AvgIpc) is 2.81. The van der Waals surface area contributed by atoms with Gasteiger partial charge in [0.25, 0.3) is 0 Å². The fraction of sp³-hybridized carbons (Fsp3) is 0.818. The van der Waals surface area contributed by atoms with Crippen LogP contribution in [0.15, 0.2) is 0 Å². The van der Waals surface area contributed by atoms with Crippen molar-refractivity contribution in [1.29, 1.82) is 0 Å². The molecule has 2 amide bonds. The Morgan fingerprint density at radius 2 is 2.12 bits per heavy atom. The van der Waals surface area contributed by atoms with Gasteiger partial charge in [-0.25, -0.2) is 9.59 Å². The molecule has 6 heteroatoms. The molecule has 0 aromatic heterocycles. The van der Waals surface area contributed by atoms with Crippen molar-refractivity contribution >= 4 is 12.0 Å². The molecule has 2 fully saturated rings. The number of nitrogens with one attached hydrogen (secondary N) is 1. The first-order valence-electron chi connectivity index (χ1n) is 6.06. The predicted octanol–water partition coefficient (Wildman–Crippen LogP) is 0.424. The number of carbonyl (C=O) groups excluding carboxylic acids is 1. The van der Waals surface area contributed by atoms with Crippen LogP contribution in [0.3, 0.4) is 0 Å². The van der Waals surface area contributed by atoms with E-state index in [1.54, 1.807) is 0 Å². The molecule has 2 atom stereocenters. The number of carboxylic acid groups (broad SMARTS) is 1. The number of likely N-dealkylation sites (tertiary alicyclic amines) is 1.